The summed E-state index contributed by atoms with van der Waals surface area (Å²) in [5.74, 6) is 0.643. The minimum atomic E-state index is -3.21. The van der Waals surface area contributed by atoms with Gasteiger partial charge >= 0.3 is 0 Å². The van der Waals surface area contributed by atoms with Gasteiger partial charge in [0.1, 0.15) is 5.82 Å². The molecule has 1 aliphatic carbocycles. The summed E-state index contributed by atoms with van der Waals surface area (Å²) in [7, 11) is -3.21. The van der Waals surface area contributed by atoms with Crippen molar-refractivity contribution in [3.05, 3.63) is 72.7 Å². The molecular formula is C27H25N5O3S. The number of fused-ring (bicyclic) bond motifs is 2. The number of aryl methyl sites for hydroxylation is 1. The Labute approximate surface area is 208 Å². The second-order valence-electron chi connectivity index (χ2n) is 9.11. The maximum Gasteiger partial charge on any atom is 0.181 e. The van der Waals surface area contributed by atoms with E-state index < -0.39 is 9.84 Å². The molecule has 0 aliphatic heterocycles. The molecule has 5 aromatic rings. The Morgan fingerprint density at radius 3 is 2.58 bits per heavy atom. The van der Waals surface area contributed by atoms with Gasteiger partial charge < -0.3 is 10.4 Å². The van der Waals surface area contributed by atoms with E-state index in [2.05, 4.69) is 22.3 Å². The van der Waals surface area contributed by atoms with E-state index in [0.717, 1.165) is 57.0 Å². The number of pyridine rings is 2. The monoisotopic (exact) mass is 499 g/mol. The molecule has 6 rings (SSSR count). The number of nitrogens with one attached hydrogen (secondary N) is 1. The van der Waals surface area contributed by atoms with Gasteiger partial charge in [-0.25, -0.2) is 13.4 Å². The van der Waals surface area contributed by atoms with Gasteiger partial charge in [-0.05, 0) is 67.8 Å². The third-order valence-corrected chi connectivity index (χ3v) is 9.01. The molecule has 182 valence electrons. The molecule has 0 bridgehead atoms. The van der Waals surface area contributed by atoms with Crippen LogP contribution in [-0.2, 0) is 16.4 Å². The fourth-order valence-corrected chi connectivity index (χ4v) is 6.27. The minimum Gasteiger partial charge on any atom is -0.394 e. The molecule has 1 fully saturated rings. The molecule has 9 heteroatoms. The fraction of sp³-hybridized carbons (Fsp3) is 0.222. The summed E-state index contributed by atoms with van der Waals surface area (Å²) < 4.78 is 26.7. The van der Waals surface area contributed by atoms with Gasteiger partial charge in [0.15, 0.2) is 9.84 Å². The molecule has 8 nitrogen and oxygen atoms in total. The molecular weight excluding hydrogens is 474 g/mol. The lowest BCUT2D eigenvalue weighted by Gasteiger charge is -2.12. The van der Waals surface area contributed by atoms with Crippen molar-refractivity contribution in [1.29, 1.82) is 0 Å². The highest BCUT2D eigenvalue weighted by atomic mass is 32.2. The van der Waals surface area contributed by atoms with Crippen molar-refractivity contribution in [2.45, 2.75) is 36.5 Å². The number of benzene rings is 2. The van der Waals surface area contributed by atoms with E-state index in [1.165, 1.54) is 0 Å². The Bertz CT molecular complexity index is 1710. The molecule has 2 N–H and O–H groups in total. The van der Waals surface area contributed by atoms with Crippen LogP contribution in [0.25, 0.3) is 32.9 Å². The van der Waals surface area contributed by atoms with Crippen LogP contribution in [0.3, 0.4) is 0 Å². The molecule has 0 amide bonds. The van der Waals surface area contributed by atoms with E-state index in [9.17, 15) is 13.5 Å². The zero-order chi connectivity index (χ0) is 24.9. The Morgan fingerprint density at radius 1 is 1.03 bits per heavy atom. The lowest BCUT2D eigenvalue weighted by Crippen LogP contribution is -2.06. The molecule has 3 heterocycles. The van der Waals surface area contributed by atoms with Crippen LogP contribution in [0.5, 0.6) is 0 Å². The van der Waals surface area contributed by atoms with E-state index >= 15 is 0 Å². The van der Waals surface area contributed by atoms with Crippen molar-refractivity contribution < 1.29 is 13.5 Å². The third kappa shape index (κ3) is 3.90. The first-order valence-corrected chi connectivity index (χ1v) is 13.4. The number of rotatable bonds is 7. The maximum atomic E-state index is 12.5. The predicted molar refractivity (Wildman–Crippen MR) is 140 cm³/mol. The lowest BCUT2D eigenvalue weighted by molar-refractivity contribution is 0.271. The van der Waals surface area contributed by atoms with Gasteiger partial charge in [0.2, 0.25) is 0 Å². The predicted octanol–water partition coefficient (Wildman–Crippen LogP) is 4.63. The molecule has 1 saturated carbocycles. The van der Waals surface area contributed by atoms with Crippen molar-refractivity contribution in [2.75, 3.05) is 11.9 Å². The smallest absolute Gasteiger partial charge is 0.181 e. The van der Waals surface area contributed by atoms with Crippen LogP contribution in [0, 0.1) is 6.92 Å². The van der Waals surface area contributed by atoms with Crippen molar-refractivity contribution in [2.24, 2.45) is 0 Å². The second-order valence-corrected chi connectivity index (χ2v) is 11.3. The van der Waals surface area contributed by atoms with E-state index in [-0.39, 0.29) is 11.9 Å². The summed E-state index contributed by atoms with van der Waals surface area (Å²) in [4.78, 5) is 9.62. The first kappa shape index (κ1) is 22.6. The lowest BCUT2D eigenvalue weighted by atomic mass is 9.98. The summed E-state index contributed by atoms with van der Waals surface area (Å²) in [6.07, 6.45) is 6.91. The van der Waals surface area contributed by atoms with Crippen LogP contribution in [0.1, 0.15) is 18.4 Å². The minimum absolute atomic E-state index is 0.0320. The number of aliphatic hydroxyl groups is 1. The Balaban J connectivity index is 1.36. The van der Waals surface area contributed by atoms with Gasteiger partial charge in [-0.2, -0.15) is 5.10 Å². The van der Waals surface area contributed by atoms with E-state index in [4.69, 9.17) is 4.98 Å². The standard InChI is InChI=1S/C27H25N5O3S/c1-17-22(8-9-25-24(17)16-30-32(25)12-13-33)27-23-14-26(29-15-18(23)10-11-28-27)31-19-2-4-20(5-3-19)36(34,35)21-6-7-21/h2-5,8-11,14-16,21,33H,6-7,12-13H2,1H3,(H,29,31). The van der Waals surface area contributed by atoms with Gasteiger partial charge in [-0.1, -0.05) is 6.07 Å². The molecule has 0 spiro atoms. The number of hydrogen-bond donors (Lipinski definition) is 2. The normalized spacial score (nSPS) is 13.9. The van der Waals surface area contributed by atoms with E-state index in [1.54, 1.807) is 35.1 Å². The molecule has 36 heavy (non-hydrogen) atoms. The van der Waals surface area contributed by atoms with Crippen LogP contribution in [0.2, 0.25) is 0 Å². The zero-order valence-corrected chi connectivity index (χ0v) is 20.5. The molecule has 0 atom stereocenters. The number of anilines is 2. The highest BCUT2D eigenvalue weighted by Gasteiger charge is 2.36. The Morgan fingerprint density at radius 2 is 1.83 bits per heavy atom. The average molecular weight is 500 g/mol. The topological polar surface area (TPSA) is 110 Å². The number of hydrogen-bond acceptors (Lipinski definition) is 7. The van der Waals surface area contributed by atoms with Crippen LogP contribution < -0.4 is 5.32 Å². The largest absolute Gasteiger partial charge is 0.394 e. The van der Waals surface area contributed by atoms with Crippen molar-refractivity contribution in [3.63, 3.8) is 0 Å². The molecule has 2 aromatic carbocycles. The van der Waals surface area contributed by atoms with Crippen molar-refractivity contribution in [1.82, 2.24) is 19.7 Å². The van der Waals surface area contributed by atoms with Crippen LogP contribution in [-0.4, -0.2) is 45.1 Å². The van der Waals surface area contributed by atoms with Gasteiger partial charge in [0.05, 0.1) is 40.7 Å². The number of aliphatic hydroxyl groups excluding tert-OH is 1. The van der Waals surface area contributed by atoms with Gasteiger partial charge in [-0.15, -0.1) is 0 Å². The number of sulfone groups is 1. The zero-order valence-electron chi connectivity index (χ0n) is 19.7. The van der Waals surface area contributed by atoms with Gasteiger partial charge in [0.25, 0.3) is 0 Å². The highest BCUT2D eigenvalue weighted by molar-refractivity contribution is 7.92. The Hall–Kier alpha value is -3.82. The van der Waals surface area contributed by atoms with Crippen molar-refractivity contribution >= 4 is 43.0 Å². The first-order chi connectivity index (χ1) is 17.5. The summed E-state index contributed by atoms with van der Waals surface area (Å²) in [5.41, 5.74) is 4.65. The summed E-state index contributed by atoms with van der Waals surface area (Å²) in [5, 5.41) is 19.7. The highest BCUT2D eigenvalue weighted by Crippen LogP contribution is 2.35. The van der Waals surface area contributed by atoms with Crippen molar-refractivity contribution in [3.8, 4) is 11.3 Å². The van der Waals surface area contributed by atoms with Gasteiger partial charge in [0, 0.05) is 39.8 Å². The molecule has 0 saturated heterocycles. The number of nitrogens with zero attached hydrogens (tertiary/aromatic N) is 4. The summed E-state index contributed by atoms with van der Waals surface area (Å²) in [6, 6.07) is 14.8. The quantitative estimate of drug-likeness (QED) is 0.336. The summed E-state index contributed by atoms with van der Waals surface area (Å²) in [6.45, 7) is 2.54. The number of aromatic nitrogens is 4. The molecule has 0 unspecified atom stereocenters. The van der Waals surface area contributed by atoms with Crippen LogP contribution in [0.4, 0.5) is 11.5 Å². The maximum absolute atomic E-state index is 12.5. The first-order valence-electron chi connectivity index (χ1n) is 11.9. The Kier molecular flexibility index (Phi) is 5.46. The molecule has 1 aliphatic rings. The molecule has 3 aromatic heterocycles. The van der Waals surface area contributed by atoms with Crippen LogP contribution >= 0.6 is 0 Å². The van der Waals surface area contributed by atoms with Crippen LogP contribution in [0.15, 0.2) is 72.0 Å². The molecule has 0 radical (unpaired) electrons. The average Bonchev–Trinajstić information content (AvgIpc) is 3.67. The fourth-order valence-electron chi connectivity index (χ4n) is 4.62. The summed E-state index contributed by atoms with van der Waals surface area (Å²) >= 11 is 0. The van der Waals surface area contributed by atoms with E-state index in [1.807, 2.05) is 36.7 Å². The van der Waals surface area contributed by atoms with E-state index in [0.29, 0.717) is 17.3 Å². The SMILES string of the molecule is Cc1c(-c2nccc3cnc(Nc4ccc(S(=O)(=O)C5CC5)cc4)cc23)ccc2c1cnn2CCO. The van der Waals surface area contributed by atoms with Gasteiger partial charge in [-0.3, -0.25) is 9.67 Å². The second kappa shape index (κ2) is 8.69. The third-order valence-electron chi connectivity index (χ3n) is 6.73.